The molecule has 0 aliphatic heterocycles. The molecule has 98 valence electrons. The highest BCUT2D eigenvalue weighted by Crippen LogP contribution is 2.12. The average Bonchev–Trinajstić information content (AvgIpc) is 2.38. The summed E-state index contributed by atoms with van der Waals surface area (Å²) in [6.45, 7) is 7.49. The van der Waals surface area contributed by atoms with E-state index in [1.165, 1.54) is 5.57 Å². The standard InChI is InChI=1S/C13H17NO.C3H6/c1-2-4-12(5-3-10-15)11-13-6-8-14-9-7-13;1-3-2/h2,4,6-9,11,15H,3,5,10H2,1H3;3H,1H2,2H3/b4-2+,12-11-;. The summed E-state index contributed by atoms with van der Waals surface area (Å²) in [7, 11) is 0. The van der Waals surface area contributed by atoms with Crippen LogP contribution in [0.25, 0.3) is 6.08 Å². The van der Waals surface area contributed by atoms with Crippen LogP contribution in [0.5, 0.6) is 0 Å². The van der Waals surface area contributed by atoms with Crippen molar-refractivity contribution >= 4 is 6.08 Å². The summed E-state index contributed by atoms with van der Waals surface area (Å²) in [5.74, 6) is 0. The van der Waals surface area contributed by atoms with Crippen molar-refractivity contribution in [3.63, 3.8) is 0 Å². The average molecular weight is 245 g/mol. The minimum atomic E-state index is 0.241. The molecule has 1 heterocycles. The normalized spacial score (nSPS) is 10.9. The lowest BCUT2D eigenvalue weighted by atomic mass is 10.1. The van der Waals surface area contributed by atoms with E-state index < -0.39 is 0 Å². The molecule has 0 aliphatic carbocycles. The van der Waals surface area contributed by atoms with E-state index in [0.29, 0.717) is 0 Å². The van der Waals surface area contributed by atoms with Crippen LogP contribution in [0.4, 0.5) is 0 Å². The smallest absolute Gasteiger partial charge is 0.0434 e. The summed E-state index contributed by atoms with van der Waals surface area (Å²) in [5, 5.41) is 8.79. The predicted molar refractivity (Wildman–Crippen MR) is 79.2 cm³/mol. The molecule has 1 rings (SSSR count). The molecule has 0 amide bonds. The van der Waals surface area contributed by atoms with Gasteiger partial charge in [-0.2, -0.15) is 0 Å². The van der Waals surface area contributed by atoms with Crippen LogP contribution in [0.1, 0.15) is 32.3 Å². The first-order valence-corrected chi connectivity index (χ1v) is 6.19. The van der Waals surface area contributed by atoms with E-state index in [9.17, 15) is 0 Å². The van der Waals surface area contributed by atoms with Gasteiger partial charge >= 0.3 is 0 Å². The highest BCUT2D eigenvalue weighted by atomic mass is 16.2. The van der Waals surface area contributed by atoms with Crippen molar-refractivity contribution in [2.45, 2.75) is 26.7 Å². The lowest BCUT2D eigenvalue weighted by Crippen LogP contribution is -1.85. The van der Waals surface area contributed by atoms with Gasteiger partial charge in [-0.05, 0) is 50.0 Å². The number of hydrogen-bond acceptors (Lipinski definition) is 2. The molecule has 0 spiro atoms. The summed E-state index contributed by atoms with van der Waals surface area (Å²) >= 11 is 0. The zero-order valence-corrected chi connectivity index (χ0v) is 11.3. The van der Waals surface area contributed by atoms with Gasteiger partial charge in [0.25, 0.3) is 0 Å². The third-order valence-corrected chi connectivity index (χ3v) is 2.06. The zero-order valence-electron chi connectivity index (χ0n) is 11.3. The largest absolute Gasteiger partial charge is 0.396 e. The highest BCUT2D eigenvalue weighted by Gasteiger charge is 1.93. The Morgan fingerprint density at radius 2 is 1.94 bits per heavy atom. The molecule has 2 nitrogen and oxygen atoms in total. The Morgan fingerprint density at radius 1 is 1.33 bits per heavy atom. The van der Waals surface area contributed by atoms with Crippen molar-refractivity contribution in [3.8, 4) is 0 Å². The molecule has 0 unspecified atom stereocenters. The van der Waals surface area contributed by atoms with E-state index in [-0.39, 0.29) is 6.61 Å². The fourth-order valence-corrected chi connectivity index (χ4v) is 1.37. The Kier molecular flexibility index (Phi) is 10.7. The molecule has 0 aliphatic rings. The maximum atomic E-state index is 8.79. The molecule has 0 saturated heterocycles. The molecule has 18 heavy (non-hydrogen) atoms. The van der Waals surface area contributed by atoms with Gasteiger partial charge in [0.1, 0.15) is 0 Å². The number of rotatable bonds is 5. The number of aliphatic hydroxyl groups excluding tert-OH is 1. The maximum Gasteiger partial charge on any atom is 0.0434 e. The van der Waals surface area contributed by atoms with Gasteiger partial charge in [-0.1, -0.05) is 24.3 Å². The minimum Gasteiger partial charge on any atom is -0.396 e. The summed E-state index contributed by atoms with van der Waals surface area (Å²) in [6, 6.07) is 3.95. The Labute approximate surface area is 110 Å². The summed E-state index contributed by atoms with van der Waals surface area (Å²) in [6.07, 6.45) is 13.2. The fraction of sp³-hybridized carbons (Fsp3) is 0.312. The molecule has 0 atom stereocenters. The van der Waals surface area contributed by atoms with Crippen LogP contribution >= 0.6 is 0 Å². The van der Waals surface area contributed by atoms with E-state index in [1.807, 2.05) is 32.1 Å². The van der Waals surface area contributed by atoms with Crippen LogP contribution in [0, 0.1) is 0 Å². The topological polar surface area (TPSA) is 33.1 Å². The Hall–Kier alpha value is -1.67. The van der Waals surface area contributed by atoms with Crippen LogP contribution in [0.2, 0.25) is 0 Å². The van der Waals surface area contributed by atoms with Gasteiger partial charge in [0.2, 0.25) is 0 Å². The molecule has 2 heteroatoms. The molecule has 1 N–H and O–H groups in total. The van der Waals surface area contributed by atoms with Crippen molar-refractivity contribution in [1.29, 1.82) is 0 Å². The Morgan fingerprint density at radius 3 is 2.44 bits per heavy atom. The van der Waals surface area contributed by atoms with Gasteiger partial charge in [-0.3, -0.25) is 4.98 Å². The molecule has 0 aromatic carbocycles. The number of hydrogen-bond donors (Lipinski definition) is 1. The van der Waals surface area contributed by atoms with Crippen molar-refractivity contribution in [1.82, 2.24) is 4.98 Å². The van der Waals surface area contributed by atoms with Gasteiger partial charge < -0.3 is 5.11 Å². The summed E-state index contributed by atoms with van der Waals surface area (Å²) < 4.78 is 0. The molecule has 0 bridgehead atoms. The lowest BCUT2D eigenvalue weighted by Gasteiger charge is -2.00. The van der Waals surface area contributed by atoms with Crippen molar-refractivity contribution in [3.05, 3.63) is 60.5 Å². The third kappa shape index (κ3) is 8.48. The van der Waals surface area contributed by atoms with Crippen LogP contribution in [-0.4, -0.2) is 16.7 Å². The predicted octanol–water partition coefficient (Wildman–Crippen LogP) is 4.01. The molecule has 1 aromatic rings. The van der Waals surface area contributed by atoms with E-state index in [2.05, 4.69) is 23.7 Å². The maximum absolute atomic E-state index is 8.79. The molecule has 0 saturated carbocycles. The molecular weight excluding hydrogens is 222 g/mol. The van der Waals surface area contributed by atoms with Gasteiger partial charge in [0.15, 0.2) is 0 Å². The van der Waals surface area contributed by atoms with Crippen LogP contribution < -0.4 is 0 Å². The first kappa shape index (κ1) is 16.3. The van der Waals surface area contributed by atoms with Gasteiger partial charge in [-0.15, -0.1) is 6.58 Å². The minimum absolute atomic E-state index is 0.241. The van der Waals surface area contributed by atoms with Crippen molar-refractivity contribution in [2.75, 3.05) is 6.61 Å². The Balaban J connectivity index is 0.000000873. The van der Waals surface area contributed by atoms with Gasteiger partial charge in [0, 0.05) is 19.0 Å². The van der Waals surface area contributed by atoms with E-state index in [1.54, 1.807) is 18.5 Å². The molecular formula is C16H23NO. The van der Waals surface area contributed by atoms with E-state index in [0.717, 1.165) is 18.4 Å². The molecule has 0 radical (unpaired) electrons. The van der Waals surface area contributed by atoms with Crippen LogP contribution in [-0.2, 0) is 0 Å². The number of allylic oxidation sites excluding steroid dienone is 4. The summed E-state index contributed by atoms with van der Waals surface area (Å²) in [4.78, 5) is 3.97. The summed E-state index contributed by atoms with van der Waals surface area (Å²) in [5.41, 5.74) is 2.38. The molecule has 0 fully saturated rings. The second-order valence-corrected chi connectivity index (χ2v) is 3.74. The number of aliphatic hydroxyl groups is 1. The van der Waals surface area contributed by atoms with E-state index >= 15 is 0 Å². The SMILES string of the molecule is C/C=C/C(=C/c1ccncc1)CCCO.C=CC. The molecule has 1 aromatic heterocycles. The Bertz CT molecular complexity index is 366. The number of pyridine rings is 1. The highest BCUT2D eigenvalue weighted by molar-refractivity contribution is 5.55. The third-order valence-electron chi connectivity index (χ3n) is 2.06. The second kappa shape index (κ2) is 11.8. The number of aromatic nitrogens is 1. The van der Waals surface area contributed by atoms with E-state index in [4.69, 9.17) is 5.11 Å². The zero-order chi connectivity index (χ0) is 13.6. The van der Waals surface area contributed by atoms with Crippen molar-refractivity contribution < 1.29 is 5.11 Å². The van der Waals surface area contributed by atoms with Crippen molar-refractivity contribution in [2.24, 2.45) is 0 Å². The fourth-order valence-electron chi connectivity index (χ4n) is 1.37. The van der Waals surface area contributed by atoms with Gasteiger partial charge in [-0.25, -0.2) is 0 Å². The second-order valence-electron chi connectivity index (χ2n) is 3.74. The number of nitrogens with zero attached hydrogens (tertiary/aromatic N) is 1. The first-order valence-electron chi connectivity index (χ1n) is 6.19. The quantitative estimate of drug-likeness (QED) is 0.628. The van der Waals surface area contributed by atoms with Crippen LogP contribution in [0.15, 0.2) is 54.9 Å². The van der Waals surface area contributed by atoms with Gasteiger partial charge in [0.05, 0.1) is 0 Å². The monoisotopic (exact) mass is 245 g/mol. The lowest BCUT2D eigenvalue weighted by molar-refractivity contribution is 0.289. The van der Waals surface area contributed by atoms with Crippen LogP contribution in [0.3, 0.4) is 0 Å². The first-order chi connectivity index (χ1) is 8.78.